The molecule has 6 nitrogen and oxygen atoms in total. The number of methoxy groups -OCH3 is 1. The van der Waals surface area contributed by atoms with Crippen molar-refractivity contribution < 1.29 is 14.6 Å². The molecular formula is C12H19N3O3. The average Bonchev–Trinajstić information content (AvgIpc) is 2.42. The minimum Gasteiger partial charge on any atom is -0.395 e. The Kier molecular flexibility index (Phi) is 6.27. The number of pyridine rings is 1. The van der Waals surface area contributed by atoms with Crippen molar-refractivity contribution in [1.29, 1.82) is 0 Å². The molecule has 18 heavy (non-hydrogen) atoms. The lowest BCUT2D eigenvalue weighted by Crippen LogP contribution is -2.36. The molecule has 6 heteroatoms. The van der Waals surface area contributed by atoms with Crippen LogP contribution in [0.3, 0.4) is 0 Å². The van der Waals surface area contributed by atoms with E-state index in [9.17, 15) is 4.79 Å². The predicted octanol–water partition coefficient (Wildman–Crippen LogP) is -0.379. The number of nitrogens with two attached hydrogens (primary N) is 1. The van der Waals surface area contributed by atoms with Crippen molar-refractivity contribution in [3.05, 3.63) is 29.6 Å². The summed E-state index contributed by atoms with van der Waals surface area (Å²) in [5.41, 5.74) is 6.67. The molecule has 0 saturated carbocycles. The standard InChI is InChI=1S/C12H19N3O3/c1-18-7-5-15(4-6-16)12(17)10-2-3-14-11(8-10)9-13/h2-3,8,16H,4-7,9,13H2,1H3. The second-order valence-corrected chi connectivity index (χ2v) is 3.75. The van der Waals surface area contributed by atoms with E-state index in [0.717, 1.165) is 0 Å². The predicted molar refractivity (Wildman–Crippen MR) is 67.0 cm³/mol. The zero-order valence-corrected chi connectivity index (χ0v) is 10.5. The summed E-state index contributed by atoms with van der Waals surface area (Å²) in [6.07, 6.45) is 1.56. The highest BCUT2D eigenvalue weighted by atomic mass is 16.5. The van der Waals surface area contributed by atoms with Crippen molar-refractivity contribution in [3.63, 3.8) is 0 Å². The summed E-state index contributed by atoms with van der Waals surface area (Å²) in [4.78, 5) is 17.8. The minimum atomic E-state index is -0.154. The zero-order chi connectivity index (χ0) is 13.4. The lowest BCUT2D eigenvalue weighted by molar-refractivity contribution is 0.0656. The molecule has 0 aliphatic rings. The molecule has 1 aromatic rings. The van der Waals surface area contributed by atoms with Gasteiger partial charge in [-0.3, -0.25) is 9.78 Å². The van der Waals surface area contributed by atoms with Crippen LogP contribution in [0.25, 0.3) is 0 Å². The maximum absolute atomic E-state index is 12.2. The van der Waals surface area contributed by atoms with E-state index in [0.29, 0.717) is 31.0 Å². The summed E-state index contributed by atoms with van der Waals surface area (Å²) in [5.74, 6) is -0.154. The number of aromatic nitrogens is 1. The van der Waals surface area contributed by atoms with Gasteiger partial charge in [0.05, 0.1) is 18.9 Å². The number of ether oxygens (including phenoxy) is 1. The van der Waals surface area contributed by atoms with Gasteiger partial charge in [-0.25, -0.2) is 0 Å². The summed E-state index contributed by atoms with van der Waals surface area (Å²) in [6.45, 7) is 1.36. The van der Waals surface area contributed by atoms with E-state index in [1.54, 1.807) is 30.3 Å². The molecule has 0 atom stereocenters. The smallest absolute Gasteiger partial charge is 0.254 e. The average molecular weight is 253 g/mol. The molecule has 0 aliphatic carbocycles. The number of amides is 1. The largest absolute Gasteiger partial charge is 0.395 e. The summed E-state index contributed by atoms with van der Waals surface area (Å²) in [6, 6.07) is 3.30. The van der Waals surface area contributed by atoms with Crippen molar-refractivity contribution in [1.82, 2.24) is 9.88 Å². The number of carbonyl (C=O) groups is 1. The Labute approximate surface area is 106 Å². The van der Waals surface area contributed by atoms with Gasteiger partial charge in [-0.2, -0.15) is 0 Å². The van der Waals surface area contributed by atoms with Gasteiger partial charge in [0, 0.05) is 38.5 Å². The summed E-state index contributed by atoms with van der Waals surface area (Å²) >= 11 is 0. The third-order valence-corrected chi connectivity index (χ3v) is 2.50. The van der Waals surface area contributed by atoms with Gasteiger partial charge in [-0.05, 0) is 12.1 Å². The third kappa shape index (κ3) is 4.06. The third-order valence-electron chi connectivity index (χ3n) is 2.50. The first kappa shape index (κ1) is 14.6. The number of aliphatic hydroxyl groups excluding tert-OH is 1. The van der Waals surface area contributed by atoms with E-state index < -0.39 is 0 Å². The first-order valence-electron chi connectivity index (χ1n) is 5.77. The molecule has 100 valence electrons. The lowest BCUT2D eigenvalue weighted by Gasteiger charge is -2.21. The summed E-state index contributed by atoms with van der Waals surface area (Å²) in [7, 11) is 1.57. The van der Waals surface area contributed by atoms with Crippen LogP contribution in [-0.4, -0.2) is 54.3 Å². The number of hydrogen-bond donors (Lipinski definition) is 2. The Bertz CT molecular complexity index is 385. The van der Waals surface area contributed by atoms with Gasteiger partial charge < -0.3 is 20.5 Å². The van der Waals surface area contributed by atoms with Crippen LogP contribution in [-0.2, 0) is 11.3 Å². The van der Waals surface area contributed by atoms with Crippen molar-refractivity contribution in [2.45, 2.75) is 6.54 Å². The fraction of sp³-hybridized carbons (Fsp3) is 0.500. The van der Waals surface area contributed by atoms with Gasteiger partial charge in [0.2, 0.25) is 0 Å². The van der Waals surface area contributed by atoms with Crippen LogP contribution in [0.5, 0.6) is 0 Å². The number of hydrogen-bond acceptors (Lipinski definition) is 5. The van der Waals surface area contributed by atoms with Crippen molar-refractivity contribution in [2.24, 2.45) is 5.73 Å². The second-order valence-electron chi connectivity index (χ2n) is 3.75. The van der Waals surface area contributed by atoms with Gasteiger partial charge in [0.1, 0.15) is 0 Å². The maximum atomic E-state index is 12.2. The van der Waals surface area contributed by atoms with E-state index in [1.165, 1.54) is 0 Å². The maximum Gasteiger partial charge on any atom is 0.254 e. The molecule has 0 aromatic carbocycles. The molecular weight excluding hydrogens is 234 g/mol. The molecule has 0 aliphatic heterocycles. The van der Waals surface area contributed by atoms with Crippen molar-refractivity contribution in [3.8, 4) is 0 Å². The lowest BCUT2D eigenvalue weighted by atomic mass is 10.2. The Morgan fingerprint density at radius 3 is 2.94 bits per heavy atom. The topological polar surface area (TPSA) is 88.7 Å². The quantitative estimate of drug-likeness (QED) is 0.691. The molecule has 0 saturated heterocycles. The Morgan fingerprint density at radius 2 is 2.33 bits per heavy atom. The molecule has 0 unspecified atom stereocenters. The molecule has 1 rings (SSSR count). The van der Waals surface area contributed by atoms with Crippen LogP contribution in [0, 0.1) is 0 Å². The van der Waals surface area contributed by atoms with E-state index >= 15 is 0 Å². The molecule has 0 radical (unpaired) electrons. The van der Waals surface area contributed by atoms with E-state index in [-0.39, 0.29) is 19.1 Å². The molecule has 0 bridgehead atoms. The Balaban J connectivity index is 2.79. The summed E-state index contributed by atoms with van der Waals surface area (Å²) in [5, 5.41) is 8.97. The van der Waals surface area contributed by atoms with Crippen LogP contribution >= 0.6 is 0 Å². The van der Waals surface area contributed by atoms with Crippen LogP contribution in [0.2, 0.25) is 0 Å². The Morgan fingerprint density at radius 1 is 1.56 bits per heavy atom. The van der Waals surface area contributed by atoms with Gasteiger partial charge in [0.25, 0.3) is 5.91 Å². The van der Waals surface area contributed by atoms with Crippen molar-refractivity contribution >= 4 is 5.91 Å². The number of aliphatic hydroxyl groups is 1. The van der Waals surface area contributed by atoms with Gasteiger partial charge >= 0.3 is 0 Å². The van der Waals surface area contributed by atoms with Crippen molar-refractivity contribution in [2.75, 3.05) is 33.4 Å². The fourth-order valence-electron chi connectivity index (χ4n) is 1.54. The van der Waals surface area contributed by atoms with Crippen LogP contribution in [0.4, 0.5) is 0 Å². The van der Waals surface area contributed by atoms with Gasteiger partial charge in [-0.1, -0.05) is 0 Å². The van der Waals surface area contributed by atoms with Crippen LogP contribution in [0.15, 0.2) is 18.3 Å². The Hall–Kier alpha value is -1.50. The highest BCUT2D eigenvalue weighted by molar-refractivity contribution is 5.94. The first-order chi connectivity index (χ1) is 8.72. The normalized spacial score (nSPS) is 10.4. The molecule has 1 aromatic heterocycles. The second kappa shape index (κ2) is 7.75. The molecule has 3 N–H and O–H groups in total. The van der Waals surface area contributed by atoms with E-state index in [4.69, 9.17) is 15.6 Å². The highest BCUT2D eigenvalue weighted by Gasteiger charge is 2.15. The first-order valence-corrected chi connectivity index (χ1v) is 5.77. The van der Waals surface area contributed by atoms with Crippen LogP contribution in [0.1, 0.15) is 16.1 Å². The number of carbonyl (C=O) groups excluding carboxylic acids is 1. The van der Waals surface area contributed by atoms with E-state index in [2.05, 4.69) is 4.98 Å². The molecule has 0 fully saturated rings. The van der Waals surface area contributed by atoms with Crippen LogP contribution < -0.4 is 5.73 Å². The monoisotopic (exact) mass is 253 g/mol. The zero-order valence-electron chi connectivity index (χ0n) is 10.5. The minimum absolute atomic E-state index is 0.0791. The fourth-order valence-corrected chi connectivity index (χ4v) is 1.54. The SMILES string of the molecule is COCCN(CCO)C(=O)c1ccnc(CN)c1. The van der Waals surface area contributed by atoms with Gasteiger partial charge in [-0.15, -0.1) is 0 Å². The molecule has 1 heterocycles. The summed E-state index contributed by atoms with van der Waals surface area (Å²) < 4.78 is 4.94. The van der Waals surface area contributed by atoms with Gasteiger partial charge in [0.15, 0.2) is 0 Å². The van der Waals surface area contributed by atoms with E-state index in [1.807, 2.05) is 0 Å². The highest BCUT2D eigenvalue weighted by Crippen LogP contribution is 2.06. The number of rotatable bonds is 7. The number of nitrogens with zero attached hydrogens (tertiary/aromatic N) is 2. The molecule has 0 spiro atoms. The molecule has 1 amide bonds.